The number of benzene rings is 3. The molecule has 6 N–H and O–H groups in total. The van der Waals surface area contributed by atoms with Crippen LogP contribution in [0.3, 0.4) is 0 Å². The van der Waals surface area contributed by atoms with Gasteiger partial charge in [0.1, 0.15) is 11.5 Å². The fourth-order valence-electron chi connectivity index (χ4n) is 3.06. The van der Waals surface area contributed by atoms with E-state index in [1.807, 2.05) is 66.7 Å². The first-order valence-electron chi connectivity index (χ1n) is 11.1. The number of methoxy groups -OCH3 is 1. The molecule has 1 amide bonds. The molecule has 5 aromatic rings. The Kier molecular flexibility index (Phi) is 10.0. The summed E-state index contributed by atoms with van der Waals surface area (Å²) in [4.78, 5) is 24.6. The van der Waals surface area contributed by atoms with E-state index < -0.39 is 6.09 Å². The SMILES string of the molecule is COC(=O)Nc1nc2ccc(Sc3ccccc3)cc2[nH]1.Cl.Nc1ccc(N=Nc2ccccc2)c(N)n1. The number of carbonyl (C=O) groups is 1. The lowest BCUT2D eigenvalue weighted by Gasteiger charge is -2.00. The van der Waals surface area contributed by atoms with E-state index in [-0.39, 0.29) is 18.2 Å². The summed E-state index contributed by atoms with van der Waals surface area (Å²) < 4.78 is 4.54. The van der Waals surface area contributed by atoms with Crippen molar-refractivity contribution < 1.29 is 9.53 Å². The topological polar surface area (TPSA) is 157 Å². The highest BCUT2D eigenvalue weighted by molar-refractivity contribution is 7.99. The van der Waals surface area contributed by atoms with E-state index in [4.69, 9.17) is 11.5 Å². The van der Waals surface area contributed by atoms with Crippen molar-refractivity contribution in [2.75, 3.05) is 23.9 Å². The van der Waals surface area contributed by atoms with Crippen LogP contribution in [0.25, 0.3) is 11.0 Å². The van der Waals surface area contributed by atoms with Gasteiger partial charge in [0.05, 0.1) is 23.8 Å². The number of nitrogen functional groups attached to an aromatic ring is 2. The Balaban J connectivity index is 0.000000213. The summed E-state index contributed by atoms with van der Waals surface area (Å²) in [6.07, 6.45) is -0.548. The number of amides is 1. The number of ether oxygens (including phenoxy) is 1. The average molecular weight is 549 g/mol. The van der Waals surface area contributed by atoms with E-state index in [9.17, 15) is 4.79 Å². The van der Waals surface area contributed by atoms with Crippen LogP contribution in [0.2, 0.25) is 0 Å². The van der Waals surface area contributed by atoms with Gasteiger partial charge >= 0.3 is 6.09 Å². The summed E-state index contributed by atoms with van der Waals surface area (Å²) in [6, 6.07) is 28.8. The molecule has 0 saturated carbocycles. The fraction of sp³-hybridized carbons (Fsp3) is 0.0385. The summed E-state index contributed by atoms with van der Waals surface area (Å²) >= 11 is 1.67. The number of halogens is 1. The van der Waals surface area contributed by atoms with Gasteiger partial charge in [0.25, 0.3) is 0 Å². The molecule has 3 aromatic carbocycles. The second-order valence-corrected chi connectivity index (χ2v) is 8.62. The number of nitrogens with two attached hydrogens (primary N) is 2. The number of nitrogens with one attached hydrogen (secondary N) is 2. The maximum atomic E-state index is 11.2. The molecular formula is C26H25ClN8O2S. The van der Waals surface area contributed by atoms with Gasteiger partial charge in [0.15, 0.2) is 5.82 Å². The first-order chi connectivity index (χ1) is 18.0. The van der Waals surface area contributed by atoms with Crippen LogP contribution in [0.5, 0.6) is 0 Å². The molecule has 2 heterocycles. The summed E-state index contributed by atoms with van der Waals surface area (Å²) in [5.74, 6) is 1.02. The van der Waals surface area contributed by atoms with Crippen LogP contribution in [-0.4, -0.2) is 28.2 Å². The van der Waals surface area contributed by atoms with Crippen LogP contribution in [-0.2, 0) is 4.74 Å². The first kappa shape index (κ1) is 28.0. The van der Waals surface area contributed by atoms with Gasteiger partial charge in [-0.2, -0.15) is 5.11 Å². The number of H-pyrrole nitrogens is 1. The number of aromatic nitrogens is 3. The van der Waals surface area contributed by atoms with Crippen molar-refractivity contribution in [1.82, 2.24) is 15.0 Å². The van der Waals surface area contributed by atoms with Gasteiger partial charge < -0.3 is 21.2 Å². The second kappa shape index (κ2) is 13.6. The first-order valence-corrected chi connectivity index (χ1v) is 11.9. The largest absolute Gasteiger partial charge is 0.453 e. The molecule has 5 rings (SSSR count). The van der Waals surface area contributed by atoms with Crippen LogP contribution < -0.4 is 16.8 Å². The highest BCUT2D eigenvalue weighted by Gasteiger charge is 2.07. The van der Waals surface area contributed by atoms with E-state index in [0.717, 1.165) is 21.6 Å². The number of aromatic amines is 1. The summed E-state index contributed by atoms with van der Waals surface area (Å²) in [7, 11) is 1.31. The van der Waals surface area contributed by atoms with Gasteiger partial charge in [-0.15, -0.1) is 17.5 Å². The van der Waals surface area contributed by atoms with Gasteiger partial charge in [0, 0.05) is 9.79 Å². The minimum Gasteiger partial charge on any atom is -0.453 e. The van der Waals surface area contributed by atoms with Crippen LogP contribution in [0.4, 0.5) is 33.8 Å². The number of carbonyl (C=O) groups excluding carboxylic acids is 1. The molecular weight excluding hydrogens is 524 g/mol. The Hall–Kier alpha value is -4.61. The zero-order valence-electron chi connectivity index (χ0n) is 20.2. The summed E-state index contributed by atoms with van der Waals surface area (Å²) in [5, 5.41) is 10.5. The number of fused-ring (bicyclic) bond motifs is 1. The Morgan fingerprint density at radius 3 is 2.29 bits per heavy atom. The standard InChI is InChI=1S/C15H13N3O2S.C11H11N5.ClH/c1-20-15(19)18-14-16-12-8-7-11(9-13(12)17-14)21-10-5-3-2-4-6-10;12-10-7-6-9(11(13)14-10)16-15-8-4-2-1-3-5-8;/h2-9H,1H3,(H2,16,17,18,19);1-7H,(H4,12,13,14);1H. The van der Waals surface area contributed by atoms with Crippen LogP contribution >= 0.6 is 24.2 Å². The molecule has 12 heteroatoms. The number of imidazole rings is 1. The number of nitrogens with zero attached hydrogens (tertiary/aromatic N) is 4. The Morgan fingerprint density at radius 1 is 0.895 bits per heavy atom. The molecule has 0 spiro atoms. The third-order valence-electron chi connectivity index (χ3n) is 4.79. The molecule has 2 aromatic heterocycles. The fourth-order valence-corrected chi connectivity index (χ4v) is 3.94. The highest BCUT2D eigenvalue weighted by Crippen LogP contribution is 2.29. The quantitative estimate of drug-likeness (QED) is 0.172. The maximum absolute atomic E-state index is 11.2. The molecule has 0 atom stereocenters. The van der Waals surface area contributed by atoms with Gasteiger partial charge in [-0.05, 0) is 54.6 Å². The highest BCUT2D eigenvalue weighted by atomic mass is 35.5. The Bertz CT molecular complexity index is 1510. The third-order valence-corrected chi connectivity index (χ3v) is 5.79. The van der Waals surface area contributed by atoms with Gasteiger partial charge in [-0.3, -0.25) is 5.32 Å². The van der Waals surface area contributed by atoms with E-state index in [0.29, 0.717) is 17.5 Å². The van der Waals surface area contributed by atoms with Gasteiger partial charge in [-0.1, -0.05) is 48.2 Å². The molecule has 38 heavy (non-hydrogen) atoms. The number of rotatable bonds is 5. The van der Waals surface area contributed by atoms with Crippen molar-refractivity contribution >= 4 is 70.3 Å². The van der Waals surface area contributed by atoms with E-state index in [1.54, 1.807) is 23.9 Å². The zero-order chi connectivity index (χ0) is 26.0. The predicted molar refractivity (Wildman–Crippen MR) is 154 cm³/mol. The molecule has 0 fully saturated rings. The van der Waals surface area contributed by atoms with Crippen LogP contribution in [0.1, 0.15) is 0 Å². The zero-order valence-corrected chi connectivity index (χ0v) is 21.9. The smallest absolute Gasteiger partial charge is 0.413 e. The van der Waals surface area contributed by atoms with Gasteiger partial charge in [0.2, 0.25) is 5.95 Å². The molecule has 10 nitrogen and oxygen atoms in total. The van der Waals surface area contributed by atoms with Crippen LogP contribution in [0, 0.1) is 0 Å². The average Bonchev–Trinajstić information content (AvgIpc) is 3.31. The number of anilines is 3. The third kappa shape index (κ3) is 7.95. The summed E-state index contributed by atoms with van der Waals surface area (Å²) in [6.45, 7) is 0. The van der Waals surface area contributed by atoms with Gasteiger partial charge in [-0.25, -0.2) is 14.8 Å². The van der Waals surface area contributed by atoms with Crippen molar-refractivity contribution in [3.63, 3.8) is 0 Å². The molecule has 0 saturated heterocycles. The Morgan fingerprint density at radius 2 is 1.61 bits per heavy atom. The maximum Gasteiger partial charge on any atom is 0.413 e. The van der Waals surface area contributed by atoms with Crippen molar-refractivity contribution in [2.24, 2.45) is 10.2 Å². The number of hydrogen-bond acceptors (Lipinski definition) is 9. The summed E-state index contributed by atoms with van der Waals surface area (Å²) in [5.41, 5.74) is 14.0. The Labute approximate surface area is 229 Å². The molecule has 0 unspecified atom stereocenters. The van der Waals surface area contributed by atoms with Crippen LogP contribution in [0.15, 0.2) is 111 Å². The van der Waals surface area contributed by atoms with E-state index >= 15 is 0 Å². The second-order valence-electron chi connectivity index (χ2n) is 7.47. The molecule has 0 bridgehead atoms. The minimum atomic E-state index is -0.548. The minimum absolute atomic E-state index is 0. The van der Waals surface area contributed by atoms with E-state index in [2.05, 4.69) is 47.4 Å². The van der Waals surface area contributed by atoms with Crippen molar-refractivity contribution in [1.29, 1.82) is 0 Å². The predicted octanol–water partition coefficient (Wildman–Crippen LogP) is 6.98. The number of pyridine rings is 1. The number of hydrogen-bond donors (Lipinski definition) is 4. The molecule has 0 aliphatic carbocycles. The molecule has 194 valence electrons. The van der Waals surface area contributed by atoms with E-state index in [1.165, 1.54) is 12.0 Å². The molecule has 0 radical (unpaired) electrons. The lowest BCUT2D eigenvalue weighted by atomic mass is 10.3. The van der Waals surface area contributed by atoms with Crippen molar-refractivity contribution in [2.45, 2.75) is 9.79 Å². The molecule has 0 aliphatic rings. The molecule has 0 aliphatic heterocycles. The van der Waals surface area contributed by atoms with Crippen molar-refractivity contribution in [3.8, 4) is 0 Å². The lowest BCUT2D eigenvalue weighted by molar-refractivity contribution is 0.186. The van der Waals surface area contributed by atoms with Crippen molar-refractivity contribution in [3.05, 3.63) is 91.0 Å². The normalized spacial score (nSPS) is 10.3. The monoisotopic (exact) mass is 548 g/mol. The number of azo groups is 1. The lowest BCUT2D eigenvalue weighted by Crippen LogP contribution is -2.11.